The van der Waals surface area contributed by atoms with Crippen LogP contribution in [-0.2, 0) is 23.7 Å². The van der Waals surface area contributed by atoms with Gasteiger partial charge in [-0.25, -0.2) is 73.2 Å². The lowest BCUT2D eigenvalue weighted by atomic mass is 9.94. The molecule has 15 heterocycles. The number of halogens is 11. The number of fused-ring (bicyclic) bond motifs is 5. The van der Waals surface area contributed by atoms with Crippen molar-refractivity contribution in [2.75, 3.05) is 62.0 Å². The number of nitrogen functional groups attached to an aromatic ring is 5. The lowest BCUT2D eigenvalue weighted by molar-refractivity contribution is -0.0777. The molecule has 41 nitrogen and oxygen atoms in total. The molecule has 0 radical (unpaired) electrons. The molecule has 0 bridgehead atoms. The average Bonchev–Trinajstić information content (AvgIpc) is 1.61. The Bertz CT molecular complexity index is 5900. The van der Waals surface area contributed by atoms with E-state index in [2.05, 4.69) is 76.6 Å². The predicted octanol–water partition coefficient (Wildman–Crippen LogP) is -1.46. The third kappa shape index (κ3) is 17.5. The molecule has 0 amide bonds. The number of aromatic nitrogens is 18. The van der Waals surface area contributed by atoms with Crippen LogP contribution in [0.2, 0.25) is 0 Å². The third-order valence-corrected chi connectivity index (χ3v) is 20.1. The van der Waals surface area contributed by atoms with E-state index in [1.165, 1.54) is 74.9 Å². The number of aromatic amines is 4. The summed E-state index contributed by atoms with van der Waals surface area (Å²) in [6.07, 6.45) is -23.1. The fourth-order valence-corrected chi connectivity index (χ4v) is 14.3. The molecule has 670 valence electrons. The van der Waals surface area contributed by atoms with Crippen molar-refractivity contribution >= 4 is 97.5 Å². The Labute approximate surface area is 697 Å². The van der Waals surface area contributed by atoms with Gasteiger partial charge in [0.2, 0.25) is 52.1 Å². The van der Waals surface area contributed by atoms with Crippen LogP contribution in [0.15, 0.2) is 58.0 Å². The second kappa shape index (κ2) is 37.0. The van der Waals surface area contributed by atoms with E-state index in [1.54, 1.807) is 0 Å². The Morgan fingerprint density at radius 1 is 0.440 bits per heavy atom. The number of imidazole rings is 3. The monoisotopic (exact) mass is 1790 g/mol. The maximum Gasteiger partial charge on any atom is 0.280 e. The Hall–Kier alpha value is -12.1. The molecule has 10 aromatic heterocycles. The van der Waals surface area contributed by atoms with Crippen LogP contribution < -0.4 is 45.3 Å². The van der Waals surface area contributed by atoms with Crippen molar-refractivity contribution in [2.24, 2.45) is 0 Å². The van der Waals surface area contributed by atoms with Gasteiger partial charge in [-0.3, -0.25) is 47.6 Å². The van der Waals surface area contributed by atoms with Crippen molar-refractivity contribution < 1.29 is 123 Å². The van der Waals surface area contributed by atoms with Crippen LogP contribution >= 0.6 is 12.2 Å². The molecule has 5 fully saturated rings. The summed E-state index contributed by atoms with van der Waals surface area (Å²) in [7, 11) is 0. The molecule has 125 heavy (non-hydrogen) atoms. The summed E-state index contributed by atoms with van der Waals surface area (Å²) >= 11 is 5.06. The number of H-pyrrole nitrogens is 4. The molecule has 5 aliphatic heterocycles. The van der Waals surface area contributed by atoms with Gasteiger partial charge in [-0.2, -0.15) is 19.9 Å². The summed E-state index contributed by atoms with van der Waals surface area (Å²) in [4.78, 5) is 80.1. The minimum absolute atomic E-state index is 0.00812. The maximum absolute atomic E-state index is 15.5. The fourth-order valence-electron chi connectivity index (χ4n) is 14.1. The van der Waals surface area contributed by atoms with E-state index >= 15 is 22.0 Å². The number of aliphatic hydroxyl groups excluding tert-OH is 10. The van der Waals surface area contributed by atoms with Crippen molar-refractivity contribution in [1.29, 1.82) is 0 Å². The maximum atomic E-state index is 15.5. The highest BCUT2D eigenvalue weighted by molar-refractivity contribution is 7.71. The number of hydrogen-bond acceptors (Lipinski definition) is 33. The van der Waals surface area contributed by atoms with Gasteiger partial charge in [-0.05, 0) is 40.7 Å². The minimum atomic E-state index is -2.90. The molecule has 15 rings (SSSR count). The van der Waals surface area contributed by atoms with E-state index in [9.17, 15) is 91.8 Å². The normalized spacial score (nSPS) is 30.2. The molecule has 25 atom stereocenters. The van der Waals surface area contributed by atoms with Crippen LogP contribution in [0, 0.1) is 69.7 Å². The zero-order chi connectivity index (χ0) is 91.8. The Kier molecular flexibility index (Phi) is 27.7. The number of nitrogens with zero attached hydrogens (tertiary/aromatic N) is 14. The van der Waals surface area contributed by atoms with Crippen molar-refractivity contribution in [3.63, 3.8) is 0 Å². The summed E-state index contributed by atoms with van der Waals surface area (Å²) in [6, 6.07) is 1.37. The van der Waals surface area contributed by atoms with Crippen LogP contribution in [-0.4, -0.2) is 292 Å². The Morgan fingerprint density at radius 2 is 0.784 bits per heavy atom. The van der Waals surface area contributed by atoms with Gasteiger partial charge in [-0.15, -0.1) is 0 Å². The van der Waals surface area contributed by atoms with Crippen LogP contribution in [0.5, 0.6) is 0 Å². The number of ether oxygens (including phenoxy) is 5. The zero-order valence-corrected chi connectivity index (χ0v) is 65.9. The minimum Gasteiger partial charge on any atom is -0.391 e. The Morgan fingerprint density at radius 3 is 1.21 bits per heavy atom. The van der Waals surface area contributed by atoms with Gasteiger partial charge >= 0.3 is 0 Å². The fraction of sp³-hybridized carbons (Fsp3) is 0.486. The molecular formula is C72H76F11N23O18S. The summed E-state index contributed by atoms with van der Waals surface area (Å²) in [5.41, 5.74) is 12.2. The van der Waals surface area contributed by atoms with E-state index < -0.39 is 212 Å². The Balaban J connectivity index is 0.000000152. The quantitative estimate of drug-likeness (QED) is 0.0422. The lowest BCUT2D eigenvalue weighted by Crippen LogP contribution is -2.44. The van der Waals surface area contributed by atoms with Crippen molar-refractivity contribution in [1.82, 2.24) is 87.6 Å². The molecule has 0 saturated carbocycles. The molecule has 24 N–H and O–H groups in total. The first-order valence-electron chi connectivity index (χ1n) is 36.6. The highest BCUT2D eigenvalue weighted by atomic mass is 32.1. The smallest absolute Gasteiger partial charge is 0.280 e. The van der Waals surface area contributed by atoms with E-state index in [0.29, 0.717) is 5.52 Å². The van der Waals surface area contributed by atoms with E-state index in [4.69, 9.17) is 64.6 Å². The standard InChI is InChI=1S/C15H15F3N4O4.C15H16F2N4O4.C14H15F2N5O4.C14H15F2N5O3S.C14H15F2N5O3/c1-6(23)9-10(24)15(18,3-2-4-16)13(26-9)22-5-7(17)8-11(22)20-14(19)21-12(8)25;1-7(22)9-10(23)15(17,4-2-5-16)13(25-9)21-6-3-8-11(21)19-14(18)20-12(8)24;1-6(22)8-9(23)14(16,3-2-4-15)12(25-8)21-5-18-7-10(21)19-13(17)20-11(7)24;1-6(22)8-9(23)14(16,3-2-4-15)12(24-8)21-5-18-7-10(21)19-13(17)20-11(7)25;1-7(22)9-10(23)14(16,3-2-4-15)12(24-9)21-6-19-8-5-18-13(17)20-11(8)21/h5-6,9-10,13,23-24H,4H2,1H3,(H3,19,20,21,25);3,6-7,9-10,13,22-23H,5H2,1H3,(H3,18,19,20,24);5-6,8-9,12,22-23H,4H2,1H3,(H3,17,19,20,24);5-6,8-9,12,22-23H,4H2,1H3,(H3,17,19,20,25);5-7,9-10,12,22-23H,4H2,1H3,(H2,17,18,20)/t6-,9+,10-,13+,15?;7-,9+,10-,13+,15?;2*6-,8+,9-,12+,14?;7-,9+,10-,12+,14?/m00000/s1. The molecule has 10 aromatic rings. The van der Waals surface area contributed by atoms with E-state index in [0.717, 1.165) is 26.2 Å². The first-order valence-corrected chi connectivity index (χ1v) is 37.0. The number of nitrogens with two attached hydrogens (primary N) is 5. The van der Waals surface area contributed by atoms with Crippen LogP contribution in [0.4, 0.5) is 78.0 Å². The van der Waals surface area contributed by atoms with Gasteiger partial charge in [0.05, 0.1) is 61.1 Å². The summed E-state index contributed by atoms with van der Waals surface area (Å²) in [6.45, 7) is 0.872. The van der Waals surface area contributed by atoms with Gasteiger partial charge in [0.15, 0.2) is 75.7 Å². The zero-order valence-electron chi connectivity index (χ0n) is 65.1. The molecule has 0 aliphatic carbocycles. The van der Waals surface area contributed by atoms with Crippen molar-refractivity contribution in [3.8, 4) is 59.2 Å². The molecule has 0 aromatic carbocycles. The van der Waals surface area contributed by atoms with Gasteiger partial charge in [0.25, 0.3) is 16.7 Å². The van der Waals surface area contributed by atoms with Crippen LogP contribution in [0.25, 0.3) is 55.6 Å². The van der Waals surface area contributed by atoms with Crippen molar-refractivity contribution in [2.45, 2.75) is 186 Å². The predicted molar refractivity (Wildman–Crippen MR) is 415 cm³/mol. The molecule has 5 saturated heterocycles. The van der Waals surface area contributed by atoms with Crippen molar-refractivity contribution in [3.05, 3.63) is 85.2 Å². The number of anilines is 5. The van der Waals surface area contributed by atoms with Gasteiger partial charge in [0.1, 0.15) is 116 Å². The number of rotatable bonds is 10. The first-order chi connectivity index (χ1) is 59.0. The highest BCUT2D eigenvalue weighted by Gasteiger charge is 2.64. The molecule has 5 aliphatic rings. The second-order valence-electron chi connectivity index (χ2n) is 28.3. The number of nitrogens with one attached hydrogen (secondary N) is 4. The topological polar surface area (TPSA) is 634 Å². The average molecular weight is 1790 g/mol. The number of alkyl halides is 10. The van der Waals surface area contributed by atoms with Gasteiger partial charge in [-0.1, -0.05) is 71.4 Å². The van der Waals surface area contributed by atoms with Crippen LogP contribution in [0.3, 0.4) is 0 Å². The van der Waals surface area contributed by atoms with Gasteiger partial charge < -0.3 is 113 Å². The largest absolute Gasteiger partial charge is 0.391 e. The highest BCUT2D eigenvalue weighted by Crippen LogP contribution is 2.49. The first kappa shape index (κ1) is 93.6. The molecule has 5 unspecified atom stereocenters. The number of aliphatic hydroxyl groups is 10. The summed E-state index contributed by atoms with van der Waals surface area (Å²) in [5.74, 6) is 17.9. The SMILES string of the molecule is C[C@H](O)[C@H]1O[C@@H](n2cc(F)c3c(=O)[nH]c(N)nc32)C(F)(C#CCF)[C@H]1O.C[C@H](O)[C@H]1O[C@@H](n2ccc3c(=O)[nH]c(N)nc32)C(F)(C#CCF)[C@H]1O.C[C@H](O)[C@H]1O[C@@H](n2cnc3c(=O)[nH]c(N)nc32)C(F)(C#CCF)[C@H]1O.C[C@H](O)[C@H]1O[C@@H](n2cnc3c(=S)nc(N)[nH]c32)C(F)(C#CCF)[C@H]1O.C[C@H](O)[C@H]1O[C@@H](n2cnc3cnc(N)nc32)C(F)(C#CCF)[C@H]1O. The summed E-state index contributed by atoms with van der Waals surface area (Å²) < 4.78 is 186. The van der Waals surface area contributed by atoms with Crippen LogP contribution in [0.1, 0.15) is 65.8 Å². The molecule has 53 heteroatoms. The summed E-state index contributed by atoms with van der Waals surface area (Å²) in [5, 5.41) is 99.4. The lowest BCUT2D eigenvalue weighted by Gasteiger charge is -2.24. The third-order valence-electron chi connectivity index (χ3n) is 19.8. The number of hydrogen-bond donors (Lipinski definition) is 19. The van der Waals surface area contributed by atoms with E-state index in [-0.39, 0.29) is 79.0 Å². The molecular weight excluding hydrogens is 1720 g/mol. The second-order valence-corrected chi connectivity index (χ2v) is 28.7. The van der Waals surface area contributed by atoms with Gasteiger partial charge in [0, 0.05) is 12.4 Å². The molecule has 0 spiro atoms. The van der Waals surface area contributed by atoms with E-state index in [1.807, 2.05) is 47.4 Å².